The molecule has 43 heavy (non-hydrogen) atoms. The zero-order valence-corrected chi connectivity index (χ0v) is 25.7. The average Bonchev–Trinajstić information content (AvgIpc) is 3.47. The molecule has 0 saturated carbocycles. The number of benzene rings is 4. The Hall–Kier alpha value is -3.60. The van der Waals surface area contributed by atoms with Gasteiger partial charge in [-0.3, -0.25) is 0 Å². The molecular formula is C39H44O4. The molecule has 1 fully saturated rings. The van der Waals surface area contributed by atoms with Crippen molar-refractivity contribution in [3.63, 3.8) is 0 Å². The van der Waals surface area contributed by atoms with Crippen molar-refractivity contribution in [2.75, 3.05) is 13.2 Å². The summed E-state index contributed by atoms with van der Waals surface area (Å²) in [6.07, 6.45) is 4.39. The van der Waals surface area contributed by atoms with Crippen LogP contribution in [-0.2, 0) is 22.5 Å². The van der Waals surface area contributed by atoms with Crippen LogP contribution < -0.4 is 9.47 Å². The van der Waals surface area contributed by atoms with Gasteiger partial charge in [0.1, 0.15) is 23.7 Å². The predicted octanol–water partition coefficient (Wildman–Crippen LogP) is 8.87. The van der Waals surface area contributed by atoms with Crippen molar-refractivity contribution < 1.29 is 18.9 Å². The van der Waals surface area contributed by atoms with Crippen LogP contribution in [0.5, 0.6) is 11.5 Å². The van der Waals surface area contributed by atoms with E-state index in [1.807, 2.05) is 18.2 Å². The van der Waals surface area contributed by atoms with E-state index in [1.54, 1.807) is 0 Å². The molecule has 0 amide bonds. The Morgan fingerprint density at radius 1 is 0.698 bits per heavy atom. The molecule has 1 aliphatic carbocycles. The van der Waals surface area contributed by atoms with Crippen LogP contribution in [0, 0.1) is 0 Å². The van der Waals surface area contributed by atoms with Crippen molar-refractivity contribution in [1.29, 1.82) is 0 Å². The highest BCUT2D eigenvalue weighted by Gasteiger charge is 2.32. The third kappa shape index (κ3) is 7.68. The first-order chi connectivity index (χ1) is 20.9. The summed E-state index contributed by atoms with van der Waals surface area (Å²) in [5.74, 6) is 2.53. The summed E-state index contributed by atoms with van der Waals surface area (Å²) < 4.78 is 24.6. The molecule has 224 valence electrons. The second kappa shape index (κ2) is 13.4. The van der Waals surface area contributed by atoms with Crippen molar-refractivity contribution in [3.8, 4) is 11.5 Å². The number of hydrogen-bond acceptors (Lipinski definition) is 4. The van der Waals surface area contributed by atoms with Crippen LogP contribution in [0.1, 0.15) is 79.7 Å². The zero-order valence-electron chi connectivity index (χ0n) is 25.7. The summed E-state index contributed by atoms with van der Waals surface area (Å²) in [6, 6.07) is 36.7. The minimum atomic E-state index is -0.217. The Bertz CT molecular complexity index is 1440. The van der Waals surface area contributed by atoms with Crippen LogP contribution in [-0.4, -0.2) is 31.0 Å². The van der Waals surface area contributed by atoms with E-state index in [2.05, 4.69) is 106 Å². The van der Waals surface area contributed by atoms with E-state index in [0.29, 0.717) is 25.7 Å². The third-order valence-corrected chi connectivity index (χ3v) is 8.51. The molecule has 4 aromatic rings. The molecule has 0 radical (unpaired) electrons. The van der Waals surface area contributed by atoms with Gasteiger partial charge in [0.2, 0.25) is 0 Å². The van der Waals surface area contributed by atoms with Crippen LogP contribution in [0.2, 0.25) is 0 Å². The number of fused-ring (bicyclic) bond motifs is 1. The lowest BCUT2D eigenvalue weighted by Gasteiger charge is -2.35. The molecule has 1 aliphatic heterocycles. The molecule has 1 unspecified atom stereocenters. The van der Waals surface area contributed by atoms with Gasteiger partial charge in [-0.1, -0.05) is 78.9 Å². The van der Waals surface area contributed by atoms with Crippen LogP contribution in [0.4, 0.5) is 0 Å². The Morgan fingerprint density at radius 2 is 1.37 bits per heavy atom. The maximum absolute atomic E-state index is 6.22. The van der Waals surface area contributed by atoms with Crippen molar-refractivity contribution in [2.24, 2.45) is 0 Å². The van der Waals surface area contributed by atoms with Gasteiger partial charge in [-0.15, -0.1) is 0 Å². The van der Waals surface area contributed by atoms with Gasteiger partial charge in [0.05, 0.1) is 25.4 Å². The average molecular weight is 577 g/mol. The molecule has 4 heteroatoms. The summed E-state index contributed by atoms with van der Waals surface area (Å²) in [5, 5.41) is 0. The van der Waals surface area contributed by atoms with E-state index in [9.17, 15) is 0 Å². The maximum atomic E-state index is 6.22. The highest BCUT2D eigenvalue weighted by Crippen LogP contribution is 2.47. The normalized spacial score (nSPS) is 21.7. The first-order valence-corrected chi connectivity index (χ1v) is 15.8. The monoisotopic (exact) mass is 576 g/mol. The molecular weight excluding hydrogens is 532 g/mol. The van der Waals surface area contributed by atoms with E-state index in [1.165, 1.54) is 27.8 Å². The predicted molar refractivity (Wildman–Crippen MR) is 172 cm³/mol. The van der Waals surface area contributed by atoms with Crippen LogP contribution in [0.3, 0.4) is 0 Å². The van der Waals surface area contributed by atoms with E-state index >= 15 is 0 Å². The quantitative estimate of drug-likeness (QED) is 0.189. The highest BCUT2D eigenvalue weighted by molar-refractivity contribution is 5.48. The lowest BCUT2D eigenvalue weighted by molar-refractivity contribution is -0.0318. The summed E-state index contributed by atoms with van der Waals surface area (Å²) in [5.41, 5.74) is 6.48. The lowest BCUT2D eigenvalue weighted by Crippen LogP contribution is -2.24. The van der Waals surface area contributed by atoms with Crippen LogP contribution in [0.25, 0.3) is 0 Å². The standard InChI is InChI=1S/C39H44O4/c1-39(2,3)43-33-21-23-37-31(24-33)16-22-36(29-12-8-5-9-13-29)38(37)30-14-17-32(18-15-30)41-27-35-20-19-34(42-35)26-40-25-28-10-6-4-7-11-28/h4-15,17-18,21,23-24,34-36,38H,16,19-20,22,25-27H2,1-3H3/t34-,35?,36-,38+/m1/s1. The number of rotatable bonds is 10. The van der Waals surface area contributed by atoms with Crippen molar-refractivity contribution >= 4 is 0 Å². The van der Waals surface area contributed by atoms with Gasteiger partial charge in [0, 0.05) is 5.92 Å². The lowest BCUT2D eigenvalue weighted by atomic mass is 9.69. The summed E-state index contributed by atoms with van der Waals surface area (Å²) in [7, 11) is 0. The molecule has 0 bridgehead atoms. The maximum Gasteiger partial charge on any atom is 0.120 e. The van der Waals surface area contributed by atoms with E-state index < -0.39 is 0 Å². The molecule has 4 nitrogen and oxygen atoms in total. The van der Waals surface area contributed by atoms with E-state index in [4.69, 9.17) is 18.9 Å². The zero-order chi connectivity index (χ0) is 29.6. The van der Waals surface area contributed by atoms with Crippen molar-refractivity contribution in [1.82, 2.24) is 0 Å². The Morgan fingerprint density at radius 3 is 2.09 bits per heavy atom. The molecule has 0 spiro atoms. The Labute approximate surface area is 257 Å². The second-order valence-corrected chi connectivity index (χ2v) is 12.9. The number of ether oxygens (including phenoxy) is 4. The van der Waals surface area contributed by atoms with Crippen LogP contribution in [0.15, 0.2) is 103 Å². The van der Waals surface area contributed by atoms with Gasteiger partial charge >= 0.3 is 0 Å². The van der Waals surface area contributed by atoms with Crippen molar-refractivity contribution in [3.05, 3.63) is 131 Å². The fraction of sp³-hybridized carbons (Fsp3) is 0.385. The van der Waals surface area contributed by atoms with Gasteiger partial charge in [0.15, 0.2) is 0 Å². The van der Waals surface area contributed by atoms with Crippen molar-refractivity contribution in [2.45, 2.75) is 82.7 Å². The first-order valence-electron chi connectivity index (χ1n) is 15.8. The van der Waals surface area contributed by atoms with Gasteiger partial charge in [-0.25, -0.2) is 0 Å². The second-order valence-electron chi connectivity index (χ2n) is 12.9. The molecule has 4 aromatic carbocycles. The smallest absolute Gasteiger partial charge is 0.120 e. The van der Waals surface area contributed by atoms with Gasteiger partial charge in [-0.05, 0) is 104 Å². The largest absolute Gasteiger partial charge is 0.491 e. The third-order valence-electron chi connectivity index (χ3n) is 8.51. The van der Waals surface area contributed by atoms with Gasteiger partial charge in [-0.2, -0.15) is 0 Å². The molecule has 6 rings (SSSR count). The fourth-order valence-electron chi connectivity index (χ4n) is 6.55. The molecule has 4 atom stereocenters. The fourth-order valence-corrected chi connectivity index (χ4v) is 6.55. The van der Waals surface area contributed by atoms with E-state index in [0.717, 1.165) is 37.2 Å². The minimum Gasteiger partial charge on any atom is -0.491 e. The summed E-state index contributed by atoms with van der Waals surface area (Å²) in [4.78, 5) is 0. The molecule has 1 saturated heterocycles. The Balaban J connectivity index is 1.10. The summed E-state index contributed by atoms with van der Waals surface area (Å²) in [6.45, 7) is 8.10. The van der Waals surface area contributed by atoms with Crippen LogP contribution >= 0.6 is 0 Å². The topological polar surface area (TPSA) is 36.9 Å². The number of hydrogen-bond donors (Lipinski definition) is 0. The SMILES string of the molecule is CC(C)(C)Oc1ccc2c(c1)CC[C@H](c1ccccc1)[C@@H]2c1ccc(OCC2CC[C@H](COCc3ccccc3)O2)cc1. The van der Waals surface area contributed by atoms with Gasteiger partial charge < -0.3 is 18.9 Å². The molecule has 1 heterocycles. The molecule has 0 aromatic heterocycles. The molecule has 2 aliphatic rings. The van der Waals surface area contributed by atoms with E-state index in [-0.39, 0.29) is 23.7 Å². The highest BCUT2D eigenvalue weighted by atomic mass is 16.6. The van der Waals surface area contributed by atoms with Gasteiger partial charge in [0.25, 0.3) is 0 Å². The molecule has 0 N–H and O–H groups in total. The first kappa shape index (κ1) is 29.5. The Kier molecular flexibility index (Phi) is 9.16. The summed E-state index contributed by atoms with van der Waals surface area (Å²) >= 11 is 0. The minimum absolute atomic E-state index is 0.0993. The number of aryl methyl sites for hydroxylation is 1.